The van der Waals surface area contributed by atoms with E-state index in [4.69, 9.17) is 14.5 Å². The number of rotatable bonds is 2. The van der Waals surface area contributed by atoms with Crippen molar-refractivity contribution < 1.29 is 9.32 Å². The summed E-state index contributed by atoms with van der Waals surface area (Å²) < 4.78 is 5.04. The molecular weight excluding hydrogens is 318 g/mol. The Labute approximate surface area is 147 Å². The van der Waals surface area contributed by atoms with Crippen LogP contribution in [-0.4, -0.2) is 52.1 Å². The summed E-state index contributed by atoms with van der Waals surface area (Å²) in [6.07, 6.45) is 5.47. The summed E-state index contributed by atoms with van der Waals surface area (Å²) in [5.74, 6) is 1.40. The molecule has 1 saturated heterocycles. The molecule has 2 aliphatic rings. The smallest absolute Gasteiger partial charge is 0.259 e. The third-order valence-electron chi connectivity index (χ3n) is 5.20. The highest BCUT2D eigenvalue weighted by molar-refractivity contribution is 5.94. The number of hydrogen-bond donors (Lipinski definition) is 0. The van der Waals surface area contributed by atoms with E-state index < -0.39 is 0 Å². The molecule has 0 spiro atoms. The molecule has 0 radical (unpaired) electrons. The Morgan fingerprint density at radius 3 is 2.56 bits per heavy atom. The zero-order valence-corrected chi connectivity index (χ0v) is 14.8. The minimum absolute atomic E-state index is 0.0167. The number of carbonyl (C=O) groups is 1. The van der Waals surface area contributed by atoms with Crippen LogP contribution in [0, 0.1) is 13.8 Å². The topological polar surface area (TPSA) is 75.4 Å². The van der Waals surface area contributed by atoms with Crippen molar-refractivity contribution in [3.63, 3.8) is 0 Å². The van der Waals surface area contributed by atoms with Crippen LogP contribution in [0.3, 0.4) is 0 Å². The molecule has 0 aliphatic carbocycles. The van der Waals surface area contributed by atoms with Gasteiger partial charge in [-0.15, -0.1) is 0 Å². The second-order valence-electron chi connectivity index (χ2n) is 6.82. The number of carbonyl (C=O) groups excluding carboxylic acids is 1. The molecule has 0 atom stereocenters. The number of aromatic nitrogens is 3. The Morgan fingerprint density at radius 2 is 1.84 bits per heavy atom. The molecule has 25 heavy (non-hydrogen) atoms. The summed E-state index contributed by atoms with van der Waals surface area (Å²) in [6, 6.07) is 0. The van der Waals surface area contributed by atoms with Crippen molar-refractivity contribution in [3.05, 3.63) is 34.5 Å². The molecule has 7 nitrogen and oxygen atoms in total. The predicted octanol–water partition coefficient (Wildman–Crippen LogP) is 1.92. The first kappa shape index (κ1) is 16.1. The molecule has 0 unspecified atom stereocenters. The molecule has 7 heteroatoms. The Balaban J connectivity index is 1.56. The van der Waals surface area contributed by atoms with E-state index in [1.165, 1.54) is 24.6 Å². The number of fused-ring (bicyclic) bond motifs is 1. The Morgan fingerprint density at radius 1 is 1.08 bits per heavy atom. The van der Waals surface area contributed by atoms with Crippen LogP contribution in [0.1, 0.15) is 45.9 Å². The van der Waals surface area contributed by atoms with E-state index in [0.717, 1.165) is 43.3 Å². The van der Waals surface area contributed by atoms with Gasteiger partial charge in [0.2, 0.25) is 5.95 Å². The summed E-state index contributed by atoms with van der Waals surface area (Å²) >= 11 is 0. The minimum atomic E-state index is -0.0167. The molecule has 2 aliphatic heterocycles. The van der Waals surface area contributed by atoms with Gasteiger partial charge in [0.05, 0.1) is 11.9 Å². The average Bonchev–Trinajstić information content (AvgIpc) is 3.22. The first-order chi connectivity index (χ1) is 12.1. The zero-order valence-electron chi connectivity index (χ0n) is 14.8. The van der Waals surface area contributed by atoms with Gasteiger partial charge in [-0.3, -0.25) is 4.79 Å². The SMILES string of the molecule is Cc1nc(N2CCCC2)nc2c1CCN(C(=O)c1cnoc1C)CC2. The van der Waals surface area contributed by atoms with Crippen LogP contribution in [0.25, 0.3) is 0 Å². The van der Waals surface area contributed by atoms with Crippen LogP contribution >= 0.6 is 0 Å². The van der Waals surface area contributed by atoms with Crippen LogP contribution in [0.5, 0.6) is 0 Å². The van der Waals surface area contributed by atoms with Gasteiger partial charge in [-0.1, -0.05) is 5.16 Å². The highest BCUT2D eigenvalue weighted by Gasteiger charge is 2.25. The maximum absolute atomic E-state index is 12.7. The second-order valence-corrected chi connectivity index (χ2v) is 6.82. The van der Waals surface area contributed by atoms with E-state index in [1.807, 2.05) is 4.90 Å². The monoisotopic (exact) mass is 341 g/mol. The van der Waals surface area contributed by atoms with E-state index in [2.05, 4.69) is 17.0 Å². The summed E-state index contributed by atoms with van der Waals surface area (Å²) in [7, 11) is 0. The van der Waals surface area contributed by atoms with Crippen molar-refractivity contribution in [1.29, 1.82) is 0 Å². The standard InChI is InChI=1S/C18H23N5O2/c1-12-14-5-9-22(17(24)15-11-19-25-13(15)2)10-6-16(14)21-18(20-12)23-7-3-4-8-23/h11H,3-10H2,1-2H3. The maximum Gasteiger partial charge on any atom is 0.259 e. The van der Waals surface area contributed by atoms with Crippen molar-refractivity contribution in [2.24, 2.45) is 0 Å². The highest BCUT2D eigenvalue weighted by Crippen LogP contribution is 2.23. The Bertz CT molecular complexity index is 795. The normalized spacial score (nSPS) is 17.5. The summed E-state index contributed by atoms with van der Waals surface area (Å²) in [4.78, 5) is 26.4. The van der Waals surface area contributed by atoms with E-state index in [0.29, 0.717) is 24.4 Å². The molecule has 0 N–H and O–H groups in total. The van der Waals surface area contributed by atoms with Crippen molar-refractivity contribution >= 4 is 11.9 Å². The fourth-order valence-corrected chi connectivity index (χ4v) is 3.71. The van der Waals surface area contributed by atoms with Crippen LogP contribution in [-0.2, 0) is 12.8 Å². The lowest BCUT2D eigenvalue weighted by Gasteiger charge is -2.19. The molecule has 4 rings (SSSR count). The molecule has 1 fully saturated rings. The molecular formula is C18H23N5O2. The lowest BCUT2D eigenvalue weighted by molar-refractivity contribution is 0.0761. The van der Waals surface area contributed by atoms with Crippen molar-refractivity contribution in [1.82, 2.24) is 20.0 Å². The van der Waals surface area contributed by atoms with Gasteiger partial charge in [0.1, 0.15) is 11.3 Å². The van der Waals surface area contributed by atoms with Crippen molar-refractivity contribution in [3.8, 4) is 0 Å². The molecule has 2 aromatic rings. The molecule has 0 saturated carbocycles. The molecule has 4 heterocycles. The predicted molar refractivity (Wildman–Crippen MR) is 92.8 cm³/mol. The van der Waals surface area contributed by atoms with E-state index in [-0.39, 0.29) is 5.91 Å². The molecule has 0 bridgehead atoms. The van der Waals surface area contributed by atoms with E-state index >= 15 is 0 Å². The van der Waals surface area contributed by atoms with Gasteiger partial charge < -0.3 is 14.3 Å². The number of nitrogens with zero attached hydrogens (tertiary/aromatic N) is 5. The first-order valence-corrected chi connectivity index (χ1v) is 8.95. The summed E-state index contributed by atoms with van der Waals surface area (Å²) in [5, 5.41) is 3.72. The number of anilines is 1. The van der Waals surface area contributed by atoms with Crippen LogP contribution in [0.2, 0.25) is 0 Å². The molecule has 1 amide bonds. The highest BCUT2D eigenvalue weighted by atomic mass is 16.5. The number of amides is 1. The van der Waals surface area contributed by atoms with Gasteiger partial charge in [0, 0.05) is 38.3 Å². The largest absolute Gasteiger partial charge is 0.361 e. The minimum Gasteiger partial charge on any atom is -0.361 e. The molecule has 2 aromatic heterocycles. The number of aryl methyl sites for hydroxylation is 2. The van der Waals surface area contributed by atoms with Crippen molar-refractivity contribution in [2.45, 2.75) is 39.5 Å². The summed E-state index contributed by atoms with van der Waals surface area (Å²) in [6.45, 7) is 7.23. The Kier molecular flexibility index (Phi) is 4.15. The quantitative estimate of drug-likeness (QED) is 0.831. The van der Waals surface area contributed by atoms with Crippen LogP contribution < -0.4 is 4.90 Å². The lowest BCUT2D eigenvalue weighted by atomic mass is 10.1. The van der Waals surface area contributed by atoms with Gasteiger partial charge in [0.15, 0.2) is 0 Å². The second kappa shape index (κ2) is 6.46. The van der Waals surface area contributed by atoms with E-state index in [1.54, 1.807) is 6.92 Å². The Hall–Kier alpha value is -2.44. The van der Waals surface area contributed by atoms with E-state index in [9.17, 15) is 4.79 Å². The van der Waals surface area contributed by atoms with Crippen molar-refractivity contribution in [2.75, 3.05) is 31.1 Å². The fraction of sp³-hybridized carbons (Fsp3) is 0.556. The first-order valence-electron chi connectivity index (χ1n) is 8.95. The third kappa shape index (κ3) is 2.99. The maximum atomic E-state index is 12.7. The van der Waals surface area contributed by atoms with Crippen LogP contribution in [0.15, 0.2) is 10.7 Å². The van der Waals surface area contributed by atoms with Gasteiger partial charge in [0.25, 0.3) is 5.91 Å². The van der Waals surface area contributed by atoms with Gasteiger partial charge >= 0.3 is 0 Å². The lowest BCUT2D eigenvalue weighted by Crippen LogP contribution is -2.33. The van der Waals surface area contributed by atoms with Gasteiger partial charge in [-0.25, -0.2) is 9.97 Å². The van der Waals surface area contributed by atoms with Gasteiger partial charge in [-0.2, -0.15) is 0 Å². The summed E-state index contributed by atoms with van der Waals surface area (Å²) in [5.41, 5.74) is 3.88. The fourth-order valence-electron chi connectivity index (χ4n) is 3.71. The van der Waals surface area contributed by atoms with Gasteiger partial charge in [-0.05, 0) is 38.7 Å². The third-order valence-corrected chi connectivity index (χ3v) is 5.20. The zero-order chi connectivity index (χ0) is 17.4. The molecule has 0 aromatic carbocycles. The van der Waals surface area contributed by atoms with Crippen LogP contribution in [0.4, 0.5) is 5.95 Å². The number of hydrogen-bond acceptors (Lipinski definition) is 6. The molecule has 132 valence electrons. The average molecular weight is 341 g/mol.